The maximum Gasteiger partial charge on any atom is 0.263 e. The Labute approximate surface area is 160 Å². The van der Waals surface area contributed by atoms with Crippen LogP contribution in [0.4, 0.5) is 11.4 Å². The minimum Gasteiger partial charge on any atom is -0.497 e. The van der Waals surface area contributed by atoms with Crippen LogP contribution in [0.3, 0.4) is 0 Å². The molecule has 0 heterocycles. The number of anilines is 2. The number of carbonyl (C=O) groups excluding carboxylic acids is 1. The zero-order valence-corrected chi connectivity index (χ0v) is 16.0. The van der Waals surface area contributed by atoms with Crippen LogP contribution in [0.25, 0.3) is 0 Å². The molecule has 0 aromatic heterocycles. The molecule has 0 bridgehead atoms. The molecule has 2 aromatic rings. The van der Waals surface area contributed by atoms with Crippen molar-refractivity contribution < 1.29 is 9.53 Å². The van der Waals surface area contributed by atoms with E-state index >= 15 is 0 Å². The van der Waals surface area contributed by atoms with E-state index in [0.717, 1.165) is 22.7 Å². The van der Waals surface area contributed by atoms with Gasteiger partial charge in [-0.2, -0.15) is 5.26 Å². The smallest absolute Gasteiger partial charge is 0.263 e. The Morgan fingerprint density at radius 3 is 2.30 bits per heavy atom. The van der Waals surface area contributed by atoms with E-state index < -0.39 is 5.91 Å². The fourth-order valence-corrected chi connectivity index (χ4v) is 2.41. The number of hydrogen-bond acceptors (Lipinski definition) is 5. The number of nitriles is 1. The molecule has 0 saturated carbocycles. The topological polar surface area (TPSA) is 77.4 Å². The molecule has 0 fully saturated rings. The lowest BCUT2D eigenvalue weighted by molar-refractivity contribution is -0.117. The summed E-state index contributed by atoms with van der Waals surface area (Å²) in [6.45, 7) is 1.86. The lowest BCUT2D eigenvalue weighted by atomic mass is 10.1. The van der Waals surface area contributed by atoms with Crippen molar-refractivity contribution in [3.05, 3.63) is 65.9 Å². The summed E-state index contributed by atoms with van der Waals surface area (Å²) in [5.41, 5.74) is 2.79. The van der Waals surface area contributed by atoms with E-state index in [9.17, 15) is 10.1 Å². The summed E-state index contributed by atoms with van der Waals surface area (Å²) in [6.07, 6.45) is 1.42. The van der Waals surface area contributed by atoms with Crippen molar-refractivity contribution in [1.29, 1.82) is 5.26 Å². The van der Waals surface area contributed by atoms with Crippen LogP contribution in [-0.2, 0) is 4.79 Å². The van der Waals surface area contributed by atoms with Gasteiger partial charge in [-0.25, -0.2) is 0 Å². The number of hydrogen-bond donors (Lipinski definition) is 2. The Kier molecular flexibility index (Phi) is 6.84. The maximum atomic E-state index is 12.4. The van der Waals surface area contributed by atoms with Crippen LogP contribution >= 0.6 is 0 Å². The Balaban J connectivity index is 2.01. The molecule has 1 atom stereocenters. The number of methoxy groups -OCH3 is 1. The van der Waals surface area contributed by atoms with Gasteiger partial charge >= 0.3 is 0 Å². The van der Waals surface area contributed by atoms with E-state index in [1.807, 2.05) is 80.5 Å². The molecule has 27 heavy (non-hydrogen) atoms. The van der Waals surface area contributed by atoms with Gasteiger partial charge in [0.2, 0.25) is 0 Å². The molecule has 1 unspecified atom stereocenters. The molecular formula is C21H24N4O2. The molecule has 0 aliphatic rings. The van der Waals surface area contributed by atoms with E-state index in [-0.39, 0.29) is 11.6 Å². The molecule has 2 N–H and O–H groups in total. The average Bonchev–Trinajstić information content (AvgIpc) is 2.68. The van der Waals surface area contributed by atoms with E-state index in [4.69, 9.17) is 4.74 Å². The molecule has 2 rings (SSSR count). The first kappa shape index (κ1) is 19.9. The third-order valence-corrected chi connectivity index (χ3v) is 4.10. The summed E-state index contributed by atoms with van der Waals surface area (Å²) in [5, 5.41) is 15.1. The second-order valence-electron chi connectivity index (χ2n) is 6.22. The SMILES string of the molecule is COc1ccc(C(C)NC(=O)/C(C#N)=C\Nc2ccc(N(C)C)cc2)cc1. The van der Waals surface area contributed by atoms with E-state index in [0.29, 0.717) is 0 Å². The molecule has 0 radical (unpaired) electrons. The summed E-state index contributed by atoms with van der Waals surface area (Å²) in [7, 11) is 5.53. The van der Waals surface area contributed by atoms with E-state index in [1.165, 1.54) is 6.20 Å². The highest BCUT2D eigenvalue weighted by Gasteiger charge is 2.14. The molecule has 140 valence electrons. The maximum absolute atomic E-state index is 12.4. The van der Waals surface area contributed by atoms with Crippen molar-refractivity contribution in [3.63, 3.8) is 0 Å². The monoisotopic (exact) mass is 364 g/mol. The van der Waals surface area contributed by atoms with Crippen LogP contribution in [0.1, 0.15) is 18.5 Å². The molecule has 0 saturated heterocycles. The van der Waals surface area contributed by atoms with Crippen molar-refractivity contribution >= 4 is 17.3 Å². The van der Waals surface area contributed by atoms with Gasteiger partial charge in [-0.15, -0.1) is 0 Å². The third kappa shape index (κ3) is 5.51. The summed E-state index contributed by atoms with van der Waals surface area (Å²) in [4.78, 5) is 14.4. The lowest BCUT2D eigenvalue weighted by Gasteiger charge is -2.15. The standard InChI is InChI=1S/C21H24N4O2/c1-15(16-5-11-20(27-4)12-6-16)24-21(26)17(13-22)14-23-18-7-9-19(10-8-18)25(2)3/h5-12,14-15,23H,1-4H3,(H,24,26)/b17-14-. The van der Waals surface area contributed by atoms with Crippen LogP contribution in [0.5, 0.6) is 5.75 Å². The fourth-order valence-electron chi connectivity index (χ4n) is 2.41. The average molecular weight is 364 g/mol. The van der Waals surface area contributed by atoms with Crippen molar-refractivity contribution in [2.75, 3.05) is 31.4 Å². The second kappa shape index (κ2) is 9.30. The highest BCUT2D eigenvalue weighted by atomic mass is 16.5. The third-order valence-electron chi connectivity index (χ3n) is 4.10. The van der Waals surface area contributed by atoms with Gasteiger partial charge in [-0.05, 0) is 48.9 Å². The summed E-state index contributed by atoms with van der Waals surface area (Å²) in [6, 6.07) is 16.8. The number of nitrogens with one attached hydrogen (secondary N) is 2. The van der Waals surface area contributed by atoms with E-state index in [1.54, 1.807) is 7.11 Å². The molecular weight excluding hydrogens is 340 g/mol. The molecule has 0 aliphatic heterocycles. The lowest BCUT2D eigenvalue weighted by Crippen LogP contribution is -2.28. The normalized spacial score (nSPS) is 11.9. The van der Waals surface area contributed by atoms with Gasteiger partial charge in [-0.3, -0.25) is 4.79 Å². The van der Waals surface area contributed by atoms with Gasteiger partial charge in [0.1, 0.15) is 17.4 Å². The Bertz CT molecular complexity index is 834. The van der Waals surface area contributed by atoms with Crippen molar-refractivity contribution in [1.82, 2.24) is 5.32 Å². The first-order chi connectivity index (χ1) is 12.9. The first-order valence-electron chi connectivity index (χ1n) is 8.53. The van der Waals surface area contributed by atoms with Gasteiger partial charge in [0.05, 0.1) is 13.2 Å². The Morgan fingerprint density at radius 1 is 1.15 bits per heavy atom. The van der Waals surface area contributed by atoms with E-state index in [2.05, 4.69) is 10.6 Å². The van der Waals surface area contributed by atoms with Gasteiger partial charge in [0, 0.05) is 31.7 Å². The van der Waals surface area contributed by atoms with Gasteiger partial charge in [0.15, 0.2) is 0 Å². The predicted molar refractivity (Wildman–Crippen MR) is 108 cm³/mol. The van der Waals surface area contributed by atoms with Crippen molar-refractivity contribution in [2.24, 2.45) is 0 Å². The highest BCUT2D eigenvalue weighted by Crippen LogP contribution is 2.18. The number of amides is 1. The predicted octanol–water partition coefficient (Wildman–Crippen LogP) is 3.46. The summed E-state index contributed by atoms with van der Waals surface area (Å²) < 4.78 is 5.13. The quantitative estimate of drug-likeness (QED) is 0.581. The van der Waals surface area contributed by atoms with Gasteiger partial charge in [0.25, 0.3) is 5.91 Å². The molecule has 1 amide bonds. The Hall–Kier alpha value is -3.46. The summed E-state index contributed by atoms with van der Waals surface area (Å²) in [5.74, 6) is 0.317. The second-order valence-corrected chi connectivity index (χ2v) is 6.22. The molecule has 6 nitrogen and oxygen atoms in total. The first-order valence-corrected chi connectivity index (χ1v) is 8.53. The van der Waals surface area contributed by atoms with Gasteiger partial charge < -0.3 is 20.3 Å². The van der Waals surface area contributed by atoms with Crippen LogP contribution < -0.4 is 20.3 Å². The zero-order valence-electron chi connectivity index (χ0n) is 16.0. The Morgan fingerprint density at radius 2 is 1.78 bits per heavy atom. The van der Waals surface area contributed by atoms with Crippen LogP contribution in [-0.4, -0.2) is 27.1 Å². The number of benzene rings is 2. The molecule has 6 heteroatoms. The van der Waals surface area contributed by atoms with Crippen molar-refractivity contribution in [3.8, 4) is 11.8 Å². The zero-order chi connectivity index (χ0) is 19.8. The number of carbonyl (C=O) groups is 1. The molecule has 0 spiro atoms. The van der Waals surface area contributed by atoms with Crippen molar-refractivity contribution in [2.45, 2.75) is 13.0 Å². The molecule has 0 aliphatic carbocycles. The van der Waals surface area contributed by atoms with Crippen LogP contribution in [0.15, 0.2) is 60.3 Å². The van der Waals surface area contributed by atoms with Gasteiger partial charge in [-0.1, -0.05) is 12.1 Å². The minimum absolute atomic E-state index is 0.00653. The number of nitrogens with zero attached hydrogens (tertiary/aromatic N) is 2. The number of ether oxygens (including phenoxy) is 1. The minimum atomic E-state index is -0.432. The largest absolute Gasteiger partial charge is 0.497 e. The molecule has 2 aromatic carbocycles. The highest BCUT2D eigenvalue weighted by molar-refractivity contribution is 5.97. The van der Waals surface area contributed by atoms with Crippen LogP contribution in [0.2, 0.25) is 0 Å². The fraction of sp³-hybridized carbons (Fsp3) is 0.238. The summed E-state index contributed by atoms with van der Waals surface area (Å²) >= 11 is 0. The number of rotatable bonds is 7. The van der Waals surface area contributed by atoms with Crippen LogP contribution in [0, 0.1) is 11.3 Å².